The molecule has 1 rings (SSSR count). The van der Waals surface area contributed by atoms with Crippen LogP contribution in [0.25, 0.3) is 0 Å². The fourth-order valence-corrected chi connectivity index (χ4v) is 3.13. The average Bonchev–Trinajstić information content (AvgIpc) is 2.70. The SMILES string of the molecule is Cc1[nH]nc(CN)c1S(=O)(=O)N(C)CCOC(C)C. The van der Waals surface area contributed by atoms with Crippen molar-refractivity contribution in [2.45, 2.75) is 38.3 Å². The van der Waals surface area contributed by atoms with Crippen LogP contribution in [-0.2, 0) is 21.3 Å². The molecule has 1 heterocycles. The number of hydrogen-bond donors (Lipinski definition) is 2. The number of sulfonamides is 1. The number of likely N-dealkylation sites (N-methyl/N-ethyl adjacent to an activating group) is 1. The minimum Gasteiger partial charge on any atom is -0.377 e. The van der Waals surface area contributed by atoms with E-state index in [-0.39, 0.29) is 24.1 Å². The molecular weight excluding hydrogens is 268 g/mol. The Bertz CT molecular complexity index is 510. The smallest absolute Gasteiger partial charge is 0.246 e. The molecule has 0 aliphatic carbocycles. The molecule has 0 unspecified atom stereocenters. The number of H-pyrrole nitrogens is 1. The molecule has 110 valence electrons. The van der Waals surface area contributed by atoms with Crippen LogP contribution in [0.4, 0.5) is 0 Å². The molecule has 3 N–H and O–H groups in total. The van der Waals surface area contributed by atoms with Crippen molar-refractivity contribution in [1.29, 1.82) is 0 Å². The van der Waals surface area contributed by atoms with Crippen molar-refractivity contribution in [2.24, 2.45) is 5.73 Å². The van der Waals surface area contributed by atoms with Gasteiger partial charge in [-0.1, -0.05) is 0 Å². The third-order valence-corrected chi connectivity index (χ3v) is 4.74. The molecule has 0 bridgehead atoms. The summed E-state index contributed by atoms with van der Waals surface area (Å²) in [6, 6.07) is 0. The summed E-state index contributed by atoms with van der Waals surface area (Å²) in [5.74, 6) is 0. The van der Waals surface area contributed by atoms with Gasteiger partial charge >= 0.3 is 0 Å². The largest absolute Gasteiger partial charge is 0.377 e. The lowest BCUT2D eigenvalue weighted by Crippen LogP contribution is -2.32. The summed E-state index contributed by atoms with van der Waals surface area (Å²) < 4.78 is 31.5. The number of nitrogens with one attached hydrogen (secondary N) is 1. The highest BCUT2D eigenvalue weighted by Crippen LogP contribution is 2.20. The molecule has 0 fully saturated rings. The second-order valence-electron chi connectivity index (χ2n) is 4.57. The predicted molar refractivity (Wildman–Crippen MR) is 72.1 cm³/mol. The molecule has 0 spiro atoms. The summed E-state index contributed by atoms with van der Waals surface area (Å²) >= 11 is 0. The number of nitrogens with zero attached hydrogens (tertiary/aromatic N) is 2. The lowest BCUT2D eigenvalue weighted by Gasteiger charge is -2.18. The molecule has 19 heavy (non-hydrogen) atoms. The minimum absolute atomic E-state index is 0.0753. The molecule has 8 heteroatoms. The Kier molecular flexibility index (Phi) is 5.48. The molecule has 0 saturated carbocycles. The summed E-state index contributed by atoms with van der Waals surface area (Å²) in [5.41, 5.74) is 6.36. The van der Waals surface area contributed by atoms with Crippen molar-refractivity contribution in [3.63, 3.8) is 0 Å². The summed E-state index contributed by atoms with van der Waals surface area (Å²) in [6.45, 7) is 6.19. The van der Waals surface area contributed by atoms with Gasteiger partial charge in [0.25, 0.3) is 0 Å². The van der Waals surface area contributed by atoms with Gasteiger partial charge in [-0.2, -0.15) is 9.40 Å². The molecule has 0 aliphatic rings. The standard InChI is InChI=1S/C11H22N4O3S/c1-8(2)18-6-5-15(4)19(16,17)11-9(3)13-14-10(11)7-12/h8H,5-7,12H2,1-4H3,(H,13,14). The Labute approximate surface area is 114 Å². The second kappa shape index (κ2) is 6.47. The zero-order valence-corrected chi connectivity index (χ0v) is 12.6. The Morgan fingerprint density at radius 2 is 2.11 bits per heavy atom. The zero-order chi connectivity index (χ0) is 14.6. The van der Waals surface area contributed by atoms with Crippen LogP contribution >= 0.6 is 0 Å². The molecule has 1 aromatic rings. The summed E-state index contributed by atoms with van der Waals surface area (Å²) in [7, 11) is -2.07. The first-order chi connectivity index (χ1) is 8.80. The minimum atomic E-state index is -3.59. The fraction of sp³-hybridized carbons (Fsp3) is 0.727. The van der Waals surface area contributed by atoms with E-state index in [9.17, 15) is 8.42 Å². The molecular formula is C11H22N4O3S. The van der Waals surface area contributed by atoms with Crippen LogP contribution in [0, 0.1) is 6.92 Å². The molecule has 0 aromatic carbocycles. The molecule has 0 amide bonds. The second-order valence-corrected chi connectivity index (χ2v) is 6.56. The summed E-state index contributed by atoms with van der Waals surface area (Å²) in [4.78, 5) is 0.169. The van der Waals surface area contributed by atoms with Crippen LogP contribution in [-0.4, -0.2) is 49.2 Å². The van der Waals surface area contributed by atoms with E-state index in [0.29, 0.717) is 18.0 Å². The van der Waals surface area contributed by atoms with Gasteiger partial charge in [0.2, 0.25) is 10.0 Å². The highest BCUT2D eigenvalue weighted by molar-refractivity contribution is 7.89. The first-order valence-corrected chi connectivity index (χ1v) is 7.56. The van der Waals surface area contributed by atoms with Gasteiger partial charge in [-0.05, 0) is 20.8 Å². The van der Waals surface area contributed by atoms with Gasteiger partial charge in [0.05, 0.1) is 24.1 Å². The quantitative estimate of drug-likeness (QED) is 0.748. The monoisotopic (exact) mass is 290 g/mol. The average molecular weight is 290 g/mol. The van der Waals surface area contributed by atoms with Crippen LogP contribution in [0.3, 0.4) is 0 Å². The van der Waals surface area contributed by atoms with Gasteiger partial charge in [-0.15, -0.1) is 0 Å². The van der Waals surface area contributed by atoms with E-state index in [2.05, 4.69) is 10.2 Å². The topological polar surface area (TPSA) is 101 Å². The van der Waals surface area contributed by atoms with Crippen LogP contribution in [0.5, 0.6) is 0 Å². The summed E-state index contributed by atoms with van der Waals surface area (Å²) in [5, 5.41) is 6.56. The van der Waals surface area contributed by atoms with E-state index in [1.54, 1.807) is 6.92 Å². The number of aryl methyl sites for hydroxylation is 1. The lowest BCUT2D eigenvalue weighted by molar-refractivity contribution is 0.0737. The van der Waals surface area contributed by atoms with Crippen LogP contribution in [0.1, 0.15) is 25.2 Å². The van der Waals surface area contributed by atoms with E-state index < -0.39 is 10.0 Å². The lowest BCUT2D eigenvalue weighted by atomic mass is 10.4. The van der Waals surface area contributed by atoms with Crippen molar-refractivity contribution in [3.8, 4) is 0 Å². The Morgan fingerprint density at radius 3 is 2.63 bits per heavy atom. The van der Waals surface area contributed by atoms with E-state index in [4.69, 9.17) is 10.5 Å². The van der Waals surface area contributed by atoms with Crippen LogP contribution in [0.2, 0.25) is 0 Å². The normalized spacial score (nSPS) is 12.6. The molecule has 0 aliphatic heterocycles. The third kappa shape index (κ3) is 3.75. The van der Waals surface area contributed by atoms with Crippen LogP contribution < -0.4 is 5.73 Å². The van der Waals surface area contributed by atoms with Crippen molar-refractivity contribution in [1.82, 2.24) is 14.5 Å². The number of aromatic nitrogens is 2. The van der Waals surface area contributed by atoms with Crippen molar-refractivity contribution in [3.05, 3.63) is 11.4 Å². The third-order valence-electron chi connectivity index (χ3n) is 2.68. The predicted octanol–water partition coefficient (Wildman–Crippen LogP) is 0.222. The fourth-order valence-electron chi connectivity index (χ4n) is 1.64. The number of hydrogen-bond acceptors (Lipinski definition) is 5. The Balaban J connectivity index is 2.87. The number of rotatable bonds is 7. The van der Waals surface area contributed by atoms with Gasteiger partial charge in [-0.3, -0.25) is 5.10 Å². The van der Waals surface area contributed by atoms with Gasteiger partial charge in [0.1, 0.15) is 4.90 Å². The number of nitrogens with two attached hydrogens (primary N) is 1. The van der Waals surface area contributed by atoms with Crippen molar-refractivity contribution >= 4 is 10.0 Å². The molecule has 0 saturated heterocycles. The number of ether oxygens (including phenoxy) is 1. The Morgan fingerprint density at radius 1 is 1.47 bits per heavy atom. The van der Waals surface area contributed by atoms with Gasteiger partial charge in [-0.25, -0.2) is 8.42 Å². The molecule has 7 nitrogen and oxygen atoms in total. The Hall–Kier alpha value is -0.960. The van der Waals surface area contributed by atoms with Crippen molar-refractivity contribution in [2.75, 3.05) is 20.2 Å². The summed E-state index contributed by atoms with van der Waals surface area (Å²) in [6.07, 6.45) is 0.0753. The molecule has 0 radical (unpaired) electrons. The van der Waals surface area contributed by atoms with Crippen LogP contribution in [0.15, 0.2) is 4.90 Å². The zero-order valence-electron chi connectivity index (χ0n) is 11.8. The first-order valence-electron chi connectivity index (χ1n) is 6.12. The highest BCUT2D eigenvalue weighted by Gasteiger charge is 2.27. The van der Waals surface area contributed by atoms with E-state index in [0.717, 1.165) is 0 Å². The van der Waals surface area contributed by atoms with Crippen molar-refractivity contribution < 1.29 is 13.2 Å². The maximum atomic E-state index is 12.4. The van der Waals surface area contributed by atoms with E-state index in [1.165, 1.54) is 11.4 Å². The number of aromatic amines is 1. The van der Waals surface area contributed by atoms with E-state index >= 15 is 0 Å². The maximum Gasteiger partial charge on any atom is 0.246 e. The van der Waals surface area contributed by atoms with E-state index in [1.807, 2.05) is 13.8 Å². The van der Waals surface area contributed by atoms with Gasteiger partial charge in [0.15, 0.2) is 0 Å². The maximum absolute atomic E-state index is 12.4. The first kappa shape index (κ1) is 16.1. The van der Waals surface area contributed by atoms with Gasteiger partial charge in [0, 0.05) is 20.1 Å². The highest BCUT2D eigenvalue weighted by atomic mass is 32.2. The molecule has 0 atom stereocenters. The molecule has 1 aromatic heterocycles. The van der Waals surface area contributed by atoms with Gasteiger partial charge < -0.3 is 10.5 Å².